The number of hydrogen-bond acceptors (Lipinski definition) is 6. The fourth-order valence-corrected chi connectivity index (χ4v) is 2.98. The Kier molecular flexibility index (Phi) is 8.71. The molecule has 0 bridgehead atoms. The molecule has 0 heterocycles. The number of carbonyl (C=O) groups excluding carboxylic acids is 2. The van der Waals surface area contributed by atoms with Crippen LogP contribution in [0.5, 0.6) is 17.2 Å². The summed E-state index contributed by atoms with van der Waals surface area (Å²) in [5, 5.41) is 16.5. The molecule has 0 fully saturated rings. The number of nitrogens with one attached hydrogen (secondary N) is 2. The van der Waals surface area contributed by atoms with Crippen molar-refractivity contribution in [3.63, 3.8) is 0 Å². The minimum Gasteiger partial charge on any atom is -0.504 e. The first-order chi connectivity index (χ1) is 13.9. The predicted octanol–water partition coefficient (Wildman–Crippen LogP) is 3.27. The molecule has 0 aromatic heterocycles. The molecule has 9 heteroatoms. The average molecular weight is 511 g/mol. The van der Waals surface area contributed by atoms with Crippen molar-refractivity contribution in [2.24, 2.45) is 5.10 Å². The number of benzene rings is 2. The molecule has 3 N–H and O–H groups in total. The van der Waals surface area contributed by atoms with Crippen LogP contribution in [0.4, 0.5) is 5.69 Å². The number of carbonyl (C=O) groups is 2. The molecule has 0 atom stereocenters. The zero-order valence-electron chi connectivity index (χ0n) is 16.1. The lowest BCUT2D eigenvalue weighted by Crippen LogP contribution is -2.20. The van der Waals surface area contributed by atoms with Crippen LogP contribution in [0.25, 0.3) is 0 Å². The van der Waals surface area contributed by atoms with Crippen molar-refractivity contribution in [2.45, 2.75) is 19.8 Å². The number of ether oxygens (including phenoxy) is 2. The number of hydrazone groups is 1. The average Bonchev–Trinajstić information content (AvgIpc) is 2.70. The Morgan fingerprint density at radius 1 is 1.17 bits per heavy atom. The van der Waals surface area contributed by atoms with E-state index in [1.54, 1.807) is 36.4 Å². The minimum atomic E-state index is -0.394. The molecule has 0 aliphatic carbocycles. The zero-order valence-corrected chi connectivity index (χ0v) is 18.2. The van der Waals surface area contributed by atoms with E-state index in [1.165, 1.54) is 13.3 Å². The molecule has 0 aliphatic rings. The molecule has 2 rings (SSSR count). The van der Waals surface area contributed by atoms with E-state index >= 15 is 0 Å². The maximum absolute atomic E-state index is 12.0. The van der Waals surface area contributed by atoms with Crippen molar-refractivity contribution in [1.82, 2.24) is 5.43 Å². The summed E-state index contributed by atoms with van der Waals surface area (Å²) in [5.41, 5.74) is 3.58. The summed E-state index contributed by atoms with van der Waals surface area (Å²) in [6, 6.07) is 10.4. The van der Waals surface area contributed by atoms with Gasteiger partial charge in [-0.2, -0.15) is 5.10 Å². The van der Waals surface area contributed by atoms with Gasteiger partial charge in [0.2, 0.25) is 11.8 Å². The summed E-state index contributed by atoms with van der Waals surface area (Å²) in [6.45, 7) is 2.23. The molecular weight excluding hydrogens is 489 g/mol. The van der Waals surface area contributed by atoms with Crippen LogP contribution < -0.4 is 20.2 Å². The van der Waals surface area contributed by atoms with Gasteiger partial charge in [-0.1, -0.05) is 12.1 Å². The first-order valence-corrected chi connectivity index (χ1v) is 9.92. The lowest BCUT2D eigenvalue weighted by Gasteiger charge is -2.09. The molecule has 8 nitrogen and oxygen atoms in total. The molecule has 0 saturated heterocycles. The SMILES string of the molecule is CCOc1cc(C=NNC(=O)CCC(=O)Nc2ccccc2OC)cc(I)c1O. The smallest absolute Gasteiger partial charge is 0.240 e. The fourth-order valence-electron chi connectivity index (χ4n) is 2.36. The van der Waals surface area contributed by atoms with E-state index in [0.717, 1.165) is 0 Å². The second kappa shape index (κ2) is 11.2. The molecule has 29 heavy (non-hydrogen) atoms. The monoisotopic (exact) mass is 511 g/mol. The number of anilines is 1. The minimum absolute atomic E-state index is 0.00496. The lowest BCUT2D eigenvalue weighted by atomic mass is 10.2. The van der Waals surface area contributed by atoms with Crippen LogP contribution in [0.2, 0.25) is 0 Å². The highest BCUT2D eigenvalue weighted by molar-refractivity contribution is 14.1. The Morgan fingerprint density at radius 3 is 2.62 bits per heavy atom. The summed E-state index contributed by atoms with van der Waals surface area (Å²) in [5.74, 6) is 0.262. The number of methoxy groups -OCH3 is 1. The maximum atomic E-state index is 12.0. The summed E-state index contributed by atoms with van der Waals surface area (Å²) in [6.07, 6.45) is 1.43. The first kappa shape index (κ1) is 22.5. The van der Waals surface area contributed by atoms with Gasteiger partial charge in [0.1, 0.15) is 5.75 Å². The number of aromatic hydroxyl groups is 1. The van der Waals surface area contributed by atoms with Crippen molar-refractivity contribution in [1.29, 1.82) is 0 Å². The van der Waals surface area contributed by atoms with Gasteiger partial charge in [0.25, 0.3) is 0 Å². The molecule has 154 valence electrons. The lowest BCUT2D eigenvalue weighted by molar-refractivity contribution is -0.124. The second-order valence-electron chi connectivity index (χ2n) is 5.82. The highest BCUT2D eigenvalue weighted by Gasteiger charge is 2.10. The van der Waals surface area contributed by atoms with Crippen molar-refractivity contribution >= 4 is 46.3 Å². The predicted molar refractivity (Wildman–Crippen MR) is 119 cm³/mol. The van der Waals surface area contributed by atoms with E-state index in [-0.39, 0.29) is 24.5 Å². The Labute approximate surface area is 182 Å². The van der Waals surface area contributed by atoms with Gasteiger partial charge in [-0.25, -0.2) is 5.43 Å². The van der Waals surface area contributed by atoms with Gasteiger partial charge in [0.05, 0.1) is 29.2 Å². The molecule has 2 aromatic carbocycles. The van der Waals surface area contributed by atoms with E-state index < -0.39 is 5.91 Å². The second-order valence-corrected chi connectivity index (χ2v) is 6.99. The van der Waals surface area contributed by atoms with Gasteiger partial charge in [-0.3, -0.25) is 9.59 Å². The zero-order chi connectivity index (χ0) is 21.2. The van der Waals surface area contributed by atoms with E-state index in [9.17, 15) is 14.7 Å². The van der Waals surface area contributed by atoms with Crippen LogP contribution in [0.1, 0.15) is 25.3 Å². The molecule has 0 saturated carbocycles. The quantitative estimate of drug-likeness (QED) is 0.272. The van der Waals surface area contributed by atoms with E-state index in [0.29, 0.717) is 32.9 Å². The topological polar surface area (TPSA) is 109 Å². The van der Waals surface area contributed by atoms with E-state index in [1.807, 2.05) is 29.5 Å². The fraction of sp³-hybridized carbons (Fsp3) is 0.250. The van der Waals surface area contributed by atoms with E-state index in [4.69, 9.17) is 9.47 Å². The number of nitrogens with zero attached hydrogens (tertiary/aromatic N) is 1. The van der Waals surface area contributed by atoms with Crippen LogP contribution in [0, 0.1) is 3.57 Å². The van der Waals surface area contributed by atoms with Gasteiger partial charge in [-0.05, 0) is 59.3 Å². The normalized spacial score (nSPS) is 10.6. The Balaban J connectivity index is 1.84. The van der Waals surface area contributed by atoms with E-state index in [2.05, 4.69) is 15.8 Å². The first-order valence-electron chi connectivity index (χ1n) is 8.84. The third kappa shape index (κ3) is 6.93. The number of hydrogen-bond donors (Lipinski definition) is 3. The number of phenols is 1. The van der Waals surface area contributed by atoms with Crippen molar-refractivity contribution in [3.05, 3.63) is 45.5 Å². The van der Waals surface area contributed by atoms with Crippen molar-refractivity contribution < 1.29 is 24.2 Å². The summed E-state index contributed by atoms with van der Waals surface area (Å²) < 4.78 is 11.1. The van der Waals surface area contributed by atoms with Gasteiger partial charge in [0.15, 0.2) is 11.5 Å². The molecule has 0 unspecified atom stereocenters. The summed E-state index contributed by atoms with van der Waals surface area (Å²) in [4.78, 5) is 23.9. The third-order valence-electron chi connectivity index (χ3n) is 3.71. The Hall–Kier alpha value is -2.82. The largest absolute Gasteiger partial charge is 0.504 e. The van der Waals surface area contributed by atoms with Crippen LogP contribution in [0.3, 0.4) is 0 Å². The third-order valence-corrected chi connectivity index (χ3v) is 4.54. The number of halogens is 1. The molecule has 2 aromatic rings. The molecule has 0 aliphatic heterocycles. The number of para-hydroxylation sites is 2. The van der Waals surface area contributed by atoms with Crippen molar-refractivity contribution in [2.75, 3.05) is 19.0 Å². The van der Waals surface area contributed by atoms with Gasteiger partial charge in [-0.15, -0.1) is 0 Å². The number of phenolic OH excluding ortho intramolecular Hbond substituents is 1. The Bertz CT molecular complexity index is 902. The van der Waals surface area contributed by atoms with Crippen LogP contribution in [-0.4, -0.2) is 36.9 Å². The van der Waals surface area contributed by atoms with Crippen LogP contribution in [-0.2, 0) is 9.59 Å². The molecule has 0 spiro atoms. The highest BCUT2D eigenvalue weighted by Crippen LogP contribution is 2.32. The van der Waals surface area contributed by atoms with Gasteiger partial charge >= 0.3 is 0 Å². The summed E-state index contributed by atoms with van der Waals surface area (Å²) in [7, 11) is 1.52. The van der Waals surface area contributed by atoms with Gasteiger partial charge in [0, 0.05) is 12.8 Å². The molecule has 2 amide bonds. The number of rotatable bonds is 9. The van der Waals surface area contributed by atoms with Crippen LogP contribution in [0.15, 0.2) is 41.5 Å². The van der Waals surface area contributed by atoms with Crippen molar-refractivity contribution in [3.8, 4) is 17.2 Å². The number of amides is 2. The summed E-state index contributed by atoms with van der Waals surface area (Å²) >= 11 is 1.98. The Morgan fingerprint density at radius 2 is 1.90 bits per heavy atom. The standard InChI is InChI=1S/C20H22IN3O5/c1-3-29-17-11-13(10-14(21)20(17)27)12-22-24-19(26)9-8-18(25)23-15-6-4-5-7-16(15)28-2/h4-7,10-12,27H,3,8-9H2,1-2H3,(H,23,25)(H,24,26). The molecular formula is C20H22IN3O5. The molecule has 0 radical (unpaired) electrons. The maximum Gasteiger partial charge on any atom is 0.240 e. The van der Waals surface area contributed by atoms with Gasteiger partial charge < -0.3 is 19.9 Å². The highest BCUT2D eigenvalue weighted by atomic mass is 127. The van der Waals surface area contributed by atoms with Crippen LogP contribution >= 0.6 is 22.6 Å².